The Bertz CT molecular complexity index is 421. The van der Waals surface area contributed by atoms with Crippen molar-refractivity contribution in [2.24, 2.45) is 4.99 Å². The summed E-state index contributed by atoms with van der Waals surface area (Å²) >= 11 is 3.83. The van der Waals surface area contributed by atoms with Gasteiger partial charge in [0.2, 0.25) is 0 Å². The van der Waals surface area contributed by atoms with Gasteiger partial charge in [-0.3, -0.25) is 4.99 Å². The summed E-state index contributed by atoms with van der Waals surface area (Å²) in [7, 11) is 1.83. The van der Waals surface area contributed by atoms with Crippen LogP contribution in [-0.4, -0.2) is 18.6 Å². The third-order valence-corrected chi connectivity index (χ3v) is 2.32. The molecular formula is C15H15NS. The van der Waals surface area contributed by atoms with Gasteiger partial charge in [0.1, 0.15) is 0 Å². The van der Waals surface area contributed by atoms with E-state index in [-0.39, 0.29) is 0 Å². The van der Waals surface area contributed by atoms with Crippen molar-refractivity contribution in [3.8, 4) is 0 Å². The highest BCUT2D eigenvalue weighted by Crippen LogP contribution is 2.09. The Morgan fingerprint density at radius 2 is 1.18 bits per heavy atom. The molecule has 1 nitrogen and oxygen atoms in total. The molecule has 2 heteroatoms. The van der Waals surface area contributed by atoms with Crippen LogP contribution in [0.3, 0.4) is 0 Å². The van der Waals surface area contributed by atoms with Crippen LogP contribution >= 0.6 is 12.2 Å². The fraction of sp³-hybridized carbons (Fsp3) is 0.0667. The van der Waals surface area contributed by atoms with E-state index in [2.05, 4.69) is 47.3 Å². The van der Waals surface area contributed by atoms with Crippen molar-refractivity contribution in [1.29, 1.82) is 0 Å². The Kier molecular flexibility index (Phi) is 5.83. The maximum atomic E-state index is 4.35. The van der Waals surface area contributed by atoms with Gasteiger partial charge in [-0.1, -0.05) is 72.9 Å². The molecule has 0 amide bonds. The molecule has 0 saturated heterocycles. The molecule has 0 bridgehead atoms. The van der Waals surface area contributed by atoms with E-state index in [1.54, 1.807) is 0 Å². The van der Waals surface area contributed by atoms with Crippen molar-refractivity contribution in [1.82, 2.24) is 0 Å². The monoisotopic (exact) mass is 241 g/mol. The summed E-state index contributed by atoms with van der Waals surface area (Å²) in [6.07, 6.45) is 0. The predicted octanol–water partition coefficient (Wildman–Crippen LogP) is 3.77. The molecule has 2 aromatic rings. The molecular weight excluding hydrogens is 226 g/mol. The van der Waals surface area contributed by atoms with Gasteiger partial charge in [-0.25, -0.2) is 0 Å². The number of benzene rings is 2. The lowest BCUT2D eigenvalue weighted by Crippen LogP contribution is -2.02. The topological polar surface area (TPSA) is 12.4 Å². The second-order valence-corrected chi connectivity index (χ2v) is 3.30. The summed E-state index contributed by atoms with van der Waals surface area (Å²) in [5.41, 5.74) is 3.36. The standard InChI is InChI=1S/C14H13N.CH2S/c1-15-14(12-8-4-2-5-9-12)13-10-6-3-7-11-13;1-2/h2-11H,1H3;1H2. The van der Waals surface area contributed by atoms with Gasteiger partial charge in [0.25, 0.3) is 0 Å². The van der Waals surface area contributed by atoms with Crippen molar-refractivity contribution in [2.75, 3.05) is 7.05 Å². The average molecular weight is 241 g/mol. The predicted molar refractivity (Wildman–Crippen MR) is 79.2 cm³/mol. The quantitative estimate of drug-likeness (QED) is 0.576. The summed E-state index contributed by atoms with van der Waals surface area (Å²) in [5.74, 6) is 2.83. The molecule has 0 aromatic heterocycles. The number of nitrogens with zero attached hydrogens (tertiary/aromatic N) is 1. The first-order valence-corrected chi connectivity index (χ1v) is 5.86. The van der Waals surface area contributed by atoms with Gasteiger partial charge < -0.3 is 0 Å². The molecule has 0 aliphatic heterocycles. The van der Waals surface area contributed by atoms with Crippen LogP contribution in [0, 0.1) is 0 Å². The second-order valence-electron chi connectivity index (χ2n) is 3.30. The van der Waals surface area contributed by atoms with Crippen LogP contribution in [0.15, 0.2) is 65.7 Å². The first-order valence-electron chi connectivity index (χ1n) is 5.28. The zero-order chi connectivity index (χ0) is 12.5. The largest absolute Gasteiger partial charge is 0.287 e. The highest BCUT2D eigenvalue weighted by molar-refractivity contribution is 7.77. The number of rotatable bonds is 2. The van der Waals surface area contributed by atoms with E-state index in [9.17, 15) is 0 Å². The molecule has 2 rings (SSSR count). The van der Waals surface area contributed by atoms with E-state index in [1.807, 2.05) is 43.4 Å². The van der Waals surface area contributed by atoms with Crippen LogP contribution in [0.5, 0.6) is 0 Å². The molecule has 17 heavy (non-hydrogen) atoms. The Hall–Kier alpha value is -1.80. The van der Waals surface area contributed by atoms with E-state index in [4.69, 9.17) is 0 Å². The van der Waals surface area contributed by atoms with Gasteiger partial charge in [0.05, 0.1) is 5.71 Å². The van der Waals surface area contributed by atoms with Gasteiger partial charge >= 0.3 is 0 Å². The lowest BCUT2D eigenvalue weighted by Gasteiger charge is -2.05. The number of hydrogen-bond donors (Lipinski definition) is 0. The molecule has 0 saturated carbocycles. The summed E-state index contributed by atoms with van der Waals surface area (Å²) < 4.78 is 0. The summed E-state index contributed by atoms with van der Waals surface area (Å²) in [4.78, 5) is 4.35. The molecule has 0 atom stereocenters. The molecule has 0 radical (unpaired) electrons. The smallest absolute Gasteiger partial charge is 0.0715 e. The number of thiocarbonyl (C=S) groups is 1. The Labute approximate surface area is 108 Å². The maximum Gasteiger partial charge on any atom is 0.0715 e. The van der Waals surface area contributed by atoms with Crippen LogP contribution < -0.4 is 0 Å². The second kappa shape index (κ2) is 7.47. The molecule has 0 heterocycles. The summed E-state index contributed by atoms with van der Waals surface area (Å²) in [6, 6.07) is 20.5. The lowest BCUT2D eigenvalue weighted by atomic mass is 10.0. The zero-order valence-electron chi connectivity index (χ0n) is 9.84. The van der Waals surface area contributed by atoms with Crippen LogP contribution in [0.1, 0.15) is 11.1 Å². The fourth-order valence-electron chi connectivity index (χ4n) is 1.62. The van der Waals surface area contributed by atoms with E-state index in [1.165, 1.54) is 0 Å². The Balaban J connectivity index is 0.000000686. The minimum atomic E-state index is 1.04. The maximum absolute atomic E-state index is 4.35. The van der Waals surface area contributed by atoms with Gasteiger partial charge in [0.15, 0.2) is 0 Å². The minimum Gasteiger partial charge on any atom is -0.287 e. The zero-order valence-corrected chi connectivity index (χ0v) is 10.7. The third kappa shape index (κ3) is 3.61. The first kappa shape index (κ1) is 13.3. The van der Waals surface area contributed by atoms with E-state index in [0.717, 1.165) is 16.8 Å². The highest BCUT2D eigenvalue weighted by atomic mass is 32.1. The van der Waals surface area contributed by atoms with Gasteiger partial charge in [-0.2, -0.15) is 0 Å². The molecule has 0 unspecified atom stereocenters. The number of hydrogen-bond acceptors (Lipinski definition) is 2. The Morgan fingerprint density at radius 3 is 1.47 bits per heavy atom. The molecule has 0 spiro atoms. The summed E-state index contributed by atoms with van der Waals surface area (Å²) in [5, 5.41) is 0. The molecule has 86 valence electrons. The minimum absolute atomic E-state index is 1.04. The average Bonchev–Trinajstić information content (AvgIpc) is 2.44. The van der Waals surface area contributed by atoms with Gasteiger partial charge in [-0.15, -0.1) is 0 Å². The van der Waals surface area contributed by atoms with Crippen LogP contribution in [0.2, 0.25) is 0 Å². The van der Waals surface area contributed by atoms with E-state index >= 15 is 0 Å². The summed E-state index contributed by atoms with van der Waals surface area (Å²) in [6.45, 7) is 0. The van der Waals surface area contributed by atoms with Crippen molar-refractivity contribution in [3.05, 3.63) is 71.8 Å². The highest BCUT2D eigenvalue weighted by Gasteiger charge is 2.03. The van der Waals surface area contributed by atoms with Crippen LogP contribution in [-0.2, 0) is 0 Å². The Morgan fingerprint density at radius 1 is 0.824 bits per heavy atom. The molecule has 0 aliphatic rings. The van der Waals surface area contributed by atoms with E-state index in [0.29, 0.717) is 0 Å². The van der Waals surface area contributed by atoms with Crippen molar-refractivity contribution < 1.29 is 0 Å². The van der Waals surface area contributed by atoms with Crippen molar-refractivity contribution in [2.45, 2.75) is 0 Å². The van der Waals surface area contributed by atoms with Crippen LogP contribution in [0.25, 0.3) is 0 Å². The van der Waals surface area contributed by atoms with Gasteiger partial charge in [0, 0.05) is 18.2 Å². The molecule has 0 fully saturated rings. The van der Waals surface area contributed by atoms with Crippen LogP contribution in [0.4, 0.5) is 0 Å². The van der Waals surface area contributed by atoms with Crippen molar-refractivity contribution >= 4 is 23.8 Å². The molecule has 0 N–H and O–H groups in total. The van der Waals surface area contributed by atoms with Gasteiger partial charge in [-0.05, 0) is 5.87 Å². The molecule has 0 aliphatic carbocycles. The normalized spacial score (nSPS) is 8.76. The van der Waals surface area contributed by atoms with Crippen molar-refractivity contribution in [3.63, 3.8) is 0 Å². The third-order valence-electron chi connectivity index (χ3n) is 2.32. The fourth-order valence-corrected chi connectivity index (χ4v) is 1.62. The first-order chi connectivity index (χ1) is 8.42. The molecule has 2 aromatic carbocycles. The van der Waals surface area contributed by atoms with E-state index < -0.39 is 0 Å². The number of aliphatic imine (C=N–C) groups is 1. The SMILES string of the molecule is C=S.CN=C(c1ccccc1)c1ccccc1. The lowest BCUT2D eigenvalue weighted by molar-refractivity contribution is 1.41.